The van der Waals surface area contributed by atoms with Gasteiger partial charge >= 0.3 is 34.1 Å². The van der Waals surface area contributed by atoms with Gasteiger partial charge in [0, 0.05) is 13.1 Å². The van der Waals surface area contributed by atoms with Gasteiger partial charge in [-0.2, -0.15) is 0 Å². The van der Waals surface area contributed by atoms with Crippen LogP contribution in [0.4, 0.5) is 0 Å². The summed E-state index contributed by atoms with van der Waals surface area (Å²) in [5.74, 6) is 0. The molecular weight excluding hydrogens is 516 g/mol. The van der Waals surface area contributed by atoms with E-state index in [9.17, 15) is 28.8 Å². The Morgan fingerprint density at radius 2 is 0.600 bits per heavy atom. The van der Waals surface area contributed by atoms with Gasteiger partial charge in [0.25, 0.3) is 0 Å². The van der Waals surface area contributed by atoms with Crippen molar-refractivity contribution in [2.75, 3.05) is 0 Å². The highest BCUT2D eigenvalue weighted by Gasteiger charge is 2.17. The molecule has 0 unspecified atom stereocenters. The average molecular weight is 557 g/mol. The highest BCUT2D eigenvalue weighted by molar-refractivity contribution is 4.96. The van der Waals surface area contributed by atoms with Crippen molar-refractivity contribution in [1.82, 2.24) is 27.4 Å². The highest BCUT2D eigenvalue weighted by Crippen LogP contribution is 2.02. The van der Waals surface area contributed by atoms with Crippen molar-refractivity contribution in [3.05, 3.63) is 112 Å². The molecular formula is C28H40N6O6. The number of hydrogen-bond donors (Lipinski definition) is 0. The summed E-state index contributed by atoms with van der Waals surface area (Å²) in [6.45, 7) is 22.0. The fourth-order valence-corrected chi connectivity index (χ4v) is 4.26. The lowest BCUT2D eigenvalue weighted by atomic mass is 10.2. The first-order valence-electron chi connectivity index (χ1n) is 13.1. The Balaban J connectivity index is 2.22. The zero-order valence-corrected chi connectivity index (χ0v) is 24.0. The highest BCUT2D eigenvalue weighted by atomic mass is 16.2. The predicted octanol–water partition coefficient (Wildman–Crippen LogP) is 1.22. The average Bonchev–Trinajstić information content (AvgIpc) is 2.85. The molecule has 2 heterocycles. The molecule has 2 rings (SSSR count). The van der Waals surface area contributed by atoms with E-state index in [2.05, 4.69) is 26.3 Å². The summed E-state index contributed by atoms with van der Waals surface area (Å²) in [7, 11) is 0. The minimum Gasteiger partial charge on any atom is -0.247 e. The lowest BCUT2D eigenvalue weighted by molar-refractivity contribution is 0.435. The molecule has 218 valence electrons. The zero-order valence-electron chi connectivity index (χ0n) is 24.0. The van der Waals surface area contributed by atoms with Crippen molar-refractivity contribution >= 4 is 0 Å². The van der Waals surface area contributed by atoms with E-state index >= 15 is 0 Å². The third-order valence-electron chi connectivity index (χ3n) is 6.00. The number of hydrogen-bond acceptors (Lipinski definition) is 6. The number of nitrogens with zero attached hydrogens (tertiary/aromatic N) is 6. The summed E-state index contributed by atoms with van der Waals surface area (Å²) in [4.78, 5) is 77.3. The first kappa shape index (κ1) is 32.0. The molecule has 0 aromatic carbocycles. The molecule has 0 spiro atoms. The van der Waals surface area contributed by atoms with Crippen molar-refractivity contribution in [2.45, 2.75) is 92.6 Å². The molecule has 0 N–H and O–H groups in total. The van der Waals surface area contributed by atoms with Crippen LogP contribution in [0.1, 0.15) is 53.4 Å². The quantitative estimate of drug-likeness (QED) is 0.239. The van der Waals surface area contributed by atoms with Crippen LogP contribution in [0.5, 0.6) is 0 Å². The van der Waals surface area contributed by atoms with Gasteiger partial charge in [-0.3, -0.25) is 0 Å². The molecule has 12 heteroatoms. The van der Waals surface area contributed by atoms with E-state index in [0.29, 0.717) is 48.0 Å². The molecule has 0 amide bonds. The number of rotatable bonds is 15. The van der Waals surface area contributed by atoms with Crippen LogP contribution in [0.15, 0.2) is 77.4 Å². The molecule has 0 atom stereocenters. The lowest BCUT2D eigenvalue weighted by Crippen LogP contribution is -2.54. The fourth-order valence-electron chi connectivity index (χ4n) is 4.26. The maximum atomic E-state index is 12.9. The van der Waals surface area contributed by atoms with Gasteiger partial charge in [-0.25, -0.2) is 56.2 Å². The van der Waals surface area contributed by atoms with Crippen LogP contribution in [0.2, 0.25) is 0 Å². The van der Waals surface area contributed by atoms with Crippen LogP contribution in [0.3, 0.4) is 0 Å². The van der Waals surface area contributed by atoms with Crippen molar-refractivity contribution in [3.8, 4) is 0 Å². The SMILES string of the molecule is C=C(C)Cn1c(=O)n(CCCCCCn2c(=O)n(CC(=C)C)c(=O)n(CC(=C)C)c2=O)c(=O)n(CC(=C)C)c1=O. The van der Waals surface area contributed by atoms with E-state index in [1.165, 1.54) is 0 Å². The minimum absolute atomic E-state index is 0.000671. The summed E-state index contributed by atoms with van der Waals surface area (Å²) in [5, 5.41) is 0. The maximum Gasteiger partial charge on any atom is 0.336 e. The second-order valence-corrected chi connectivity index (χ2v) is 10.6. The molecule has 0 saturated carbocycles. The molecule has 0 fully saturated rings. The molecule has 0 saturated heterocycles. The van der Waals surface area contributed by atoms with E-state index in [1.54, 1.807) is 27.7 Å². The Hall–Kier alpha value is -4.22. The monoisotopic (exact) mass is 556 g/mol. The van der Waals surface area contributed by atoms with E-state index in [1.807, 2.05) is 0 Å². The Morgan fingerprint density at radius 1 is 0.400 bits per heavy atom. The predicted molar refractivity (Wildman–Crippen MR) is 156 cm³/mol. The van der Waals surface area contributed by atoms with E-state index in [0.717, 1.165) is 27.4 Å². The van der Waals surface area contributed by atoms with Crippen LogP contribution in [-0.2, 0) is 39.3 Å². The summed E-state index contributed by atoms with van der Waals surface area (Å²) >= 11 is 0. The van der Waals surface area contributed by atoms with Gasteiger partial charge in [0.2, 0.25) is 0 Å². The second-order valence-electron chi connectivity index (χ2n) is 10.6. The second kappa shape index (κ2) is 13.7. The Bertz CT molecular complexity index is 1450. The largest absolute Gasteiger partial charge is 0.336 e. The van der Waals surface area contributed by atoms with Crippen molar-refractivity contribution in [1.29, 1.82) is 0 Å². The molecule has 2 aromatic rings. The first-order valence-corrected chi connectivity index (χ1v) is 13.1. The van der Waals surface area contributed by atoms with E-state index in [-0.39, 0.29) is 39.3 Å². The van der Waals surface area contributed by atoms with Crippen LogP contribution >= 0.6 is 0 Å². The van der Waals surface area contributed by atoms with Gasteiger partial charge in [-0.1, -0.05) is 61.4 Å². The number of allylic oxidation sites excluding steroid dienone is 4. The normalized spacial score (nSPS) is 11.0. The van der Waals surface area contributed by atoms with Crippen molar-refractivity contribution in [2.24, 2.45) is 0 Å². The molecule has 40 heavy (non-hydrogen) atoms. The smallest absolute Gasteiger partial charge is 0.247 e. The fraction of sp³-hybridized carbons (Fsp3) is 0.500. The lowest BCUT2D eigenvalue weighted by Gasteiger charge is -2.15. The molecule has 12 nitrogen and oxygen atoms in total. The number of aromatic nitrogens is 6. The summed E-state index contributed by atoms with van der Waals surface area (Å²) in [6, 6.07) is 0. The van der Waals surface area contributed by atoms with Gasteiger partial charge in [0.05, 0.1) is 26.2 Å². The molecule has 0 aliphatic carbocycles. The summed E-state index contributed by atoms with van der Waals surface area (Å²) in [5.41, 5.74) is -1.80. The minimum atomic E-state index is -0.701. The van der Waals surface area contributed by atoms with Crippen LogP contribution in [-0.4, -0.2) is 27.4 Å². The summed E-state index contributed by atoms with van der Waals surface area (Å²) < 4.78 is 6.07. The molecule has 0 bridgehead atoms. The molecule has 2 aromatic heterocycles. The molecule has 0 aliphatic rings. The Labute approximate surface area is 231 Å². The Kier molecular flexibility index (Phi) is 11.0. The van der Waals surface area contributed by atoms with Crippen LogP contribution in [0.25, 0.3) is 0 Å². The maximum absolute atomic E-state index is 12.9. The van der Waals surface area contributed by atoms with E-state index in [4.69, 9.17) is 0 Å². The van der Waals surface area contributed by atoms with Gasteiger partial charge in [-0.15, -0.1) is 0 Å². The molecule has 0 aliphatic heterocycles. The zero-order chi connectivity index (χ0) is 30.3. The standard InChI is InChI=1S/C28H40N6O6/c1-19(2)15-31-23(35)29(24(36)32(27(31)39)16-20(3)4)13-11-9-10-12-14-30-25(37)33(17-21(5)6)28(40)34(26(30)38)18-22(7)8/h1,3,5,7,9-18H2,2,4,6,8H3. The summed E-state index contributed by atoms with van der Waals surface area (Å²) in [6.07, 6.45) is 2.09. The third kappa shape index (κ3) is 7.67. The number of unbranched alkanes of at least 4 members (excludes halogenated alkanes) is 3. The van der Waals surface area contributed by atoms with Gasteiger partial charge < -0.3 is 0 Å². The van der Waals surface area contributed by atoms with Crippen LogP contribution < -0.4 is 34.1 Å². The van der Waals surface area contributed by atoms with Gasteiger partial charge in [0.1, 0.15) is 0 Å². The van der Waals surface area contributed by atoms with Crippen molar-refractivity contribution < 1.29 is 0 Å². The van der Waals surface area contributed by atoms with Gasteiger partial charge in [-0.05, 0) is 40.5 Å². The Morgan fingerprint density at radius 3 is 0.800 bits per heavy atom. The van der Waals surface area contributed by atoms with Gasteiger partial charge in [0.15, 0.2) is 0 Å². The first-order chi connectivity index (χ1) is 18.7. The third-order valence-corrected chi connectivity index (χ3v) is 6.00. The van der Waals surface area contributed by atoms with Crippen molar-refractivity contribution in [3.63, 3.8) is 0 Å². The van der Waals surface area contributed by atoms with Crippen LogP contribution in [0, 0.1) is 0 Å². The topological polar surface area (TPSA) is 132 Å². The molecule has 0 radical (unpaired) electrons. The van der Waals surface area contributed by atoms with E-state index < -0.39 is 34.1 Å².